The molecule has 3 nitrogen and oxygen atoms in total. The number of carbonyl (C=O) groups excluding carboxylic acids is 1. The molecular formula is C11H16O3. The molecular weight excluding hydrogens is 180 g/mol. The lowest BCUT2D eigenvalue weighted by atomic mass is 10.0. The number of esters is 1. The standard InChI is InChI=1S/C11H16O3/c12-11-7-3-1-2-5-9-10(14-11)6-4-8-13-9/h2,5,9-10H,1,3-4,6-8H2/b5-2-/t9-,10+/m1/s1. The topological polar surface area (TPSA) is 35.5 Å². The summed E-state index contributed by atoms with van der Waals surface area (Å²) in [6.45, 7) is 0.781. The van der Waals surface area contributed by atoms with Crippen molar-refractivity contribution in [2.45, 2.75) is 44.3 Å². The molecule has 1 saturated heterocycles. The Balaban J connectivity index is 2.05. The molecule has 78 valence electrons. The SMILES string of the molecule is O=C1CCC/C=C\[C@H]2OCCC[C@@H]2O1. The van der Waals surface area contributed by atoms with Crippen LogP contribution in [0.4, 0.5) is 0 Å². The highest BCUT2D eigenvalue weighted by Crippen LogP contribution is 2.21. The van der Waals surface area contributed by atoms with Gasteiger partial charge >= 0.3 is 5.97 Å². The summed E-state index contributed by atoms with van der Waals surface area (Å²) in [5, 5.41) is 0. The highest BCUT2D eigenvalue weighted by atomic mass is 16.6. The van der Waals surface area contributed by atoms with Gasteiger partial charge in [0.1, 0.15) is 12.2 Å². The van der Waals surface area contributed by atoms with Crippen molar-refractivity contribution in [3.8, 4) is 0 Å². The first-order chi connectivity index (χ1) is 6.86. The van der Waals surface area contributed by atoms with Crippen molar-refractivity contribution in [2.24, 2.45) is 0 Å². The van der Waals surface area contributed by atoms with Gasteiger partial charge in [-0.1, -0.05) is 12.2 Å². The highest BCUT2D eigenvalue weighted by molar-refractivity contribution is 5.69. The van der Waals surface area contributed by atoms with E-state index >= 15 is 0 Å². The van der Waals surface area contributed by atoms with E-state index in [0.717, 1.165) is 32.3 Å². The number of hydrogen-bond acceptors (Lipinski definition) is 3. The second-order valence-corrected chi connectivity index (χ2v) is 3.83. The van der Waals surface area contributed by atoms with Gasteiger partial charge in [0, 0.05) is 13.0 Å². The highest BCUT2D eigenvalue weighted by Gasteiger charge is 2.27. The number of rotatable bonds is 0. The first-order valence-electron chi connectivity index (χ1n) is 5.34. The van der Waals surface area contributed by atoms with E-state index < -0.39 is 0 Å². The fraction of sp³-hybridized carbons (Fsp3) is 0.727. The lowest BCUT2D eigenvalue weighted by molar-refractivity contribution is -0.159. The van der Waals surface area contributed by atoms with E-state index in [1.165, 1.54) is 0 Å². The van der Waals surface area contributed by atoms with Crippen LogP contribution in [0, 0.1) is 0 Å². The van der Waals surface area contributed by atoms with E-state index in [2.05, 4.69) is 6.08 Å². The zero-order chi connectivity index (χ0) is 9.80. The normalized spacial score (nSPS) is 35.9. The minimum Gasteiger partial charge on any atom is -0.459 e. The van der Waals surface area contributed by atoms with Crippen molar-refractivity contribution in [3.63, 3.8) is 0 Å². The third-order valence-electron chi connectivity index (χ3n) is 2.67. The third-order valence-corrected chi connectivity index (χ3v) is 2.67. The fourth-order valence-electron chi connectivity index (χ4n) is 1.90. The molecule has 0 aromatic heterocycles. The van der Waals surface area contributed by atoms with Gasteiger partial charge in [0.05, 0.1) is 0 Å². The van der Waals surface area contributed by atoms with Gasteiger partial charge in [0.25, 0.3) is 0 Å². The fourth-order valence-corrected chi connectivity index (χ4v) is 1.90. The van der Waals surface area contributed by atoms with Gasteiger partial charge in [-0.25, -0.2) is 0 Å². The maximum atomic E-state index is 11.3. The second kappa shape index (κ2) is 4.60. The van der Waals surface area contributed by atoms with Gasteiger partial charge in [-0.15, -0.1) is 0 Å². The molecule has 0 bridgehead atoms. The van der Waals surface area contributed by atoms with Crippen LogP contribution < -0.4 is 0 Å². The first kappa shape index (κ1) is 9.71. The molecule has 2 rings (SSSR count). The van der Waals surface area contributed by atoms with Crippen molar-refractivity contribution >= 4 is 5.97 Å². The molecule has 0 aromatic rings. The van der Waals surface area contributed by atoms with Crippen LogP contribution in [0.15, 0.2) is 12.2 Å². The van der Waals surface area contributed by atoms with Gasteiger partial charge in [-0.3, -0.25) is 4.79 Å². The van der Waals surface area contributed by atoms with Crippen LogP contribution in [0.5, 0.6) is 0 Å². The van der Waals surface area contributed by atoms with Crippen LogP contribution in [0.1, 0.15) is 32.1 Å². The molecule has 2 heterocycles. The Bertz CT molecular complexity index is 235. The van der Waals surface area contributed by atoms with Crippen LogP contribution >= 0.6 is 0 Å². The number of ether oxygens (including phenoxy) is 2. The Morgan fingerprint density at radius 2 is 2.29 bits per heavy atom. The number of carbonyl (C=O) groups is 1. The molecule has 0 N–H and O–H groups in total. The van der Waals surface area contributed by atoms with Gasteiger partial charge in [0.2, 0.25) is 0 Å². The summed E-state index contributed by atoms with van der Waals surface area (Å²) in [7, 11) is 0. The third kappa shape index (κ3) is 2.35. The second-order valence-electron chi connectivity index (χ2n) is 3.83. The number of hydrogen-bond donors (Lipinski definition) is 0. The van der Waals surface area contributed by atoms with E-state index in [0.29, 0.717) is 6.42 Å². The monoisotopic (exact) mass is 196 g/mol. The summed E-state index contributed by atoms with van der Waals surface area (Å²) < 4.78 is 10.9. The van der Waals surface area contributed by atoms with Crippen molar-refractivity contribution < 1.29 is 14.3 Å². The van der Waals surface area contributed by atoms with E-state index in [1.54, 1.807) is 0 Å². The molecule has 1 fully saturated rings. The van der Waals surface area contributed by atoms with E-state index in [1.807, 2.05) is 6.08 Å². The maximum absolute atomic E-state index is 11.3. The minimum absolute atomic E-state index is 0.00852. The van der Waals surface area contributed by atoms with Gasteiger partial charge < -0.3 is 9.47 Å². The Kier molecular flexibility index (Phi) is 3.19. The van der Waals surface area contributed by atoms with Gasteiger partial charge in [0.15, 0.2) is 0 Å². The number of fused-ring (bicyclic) bond motifs is 1. The van der Waals surface area contributed by atoms with Crippen molar-refractivity contribution in [2.75, 3.05) is 6.61 Å². The predicted molar refractivity (Wildman–Crippen MR) is 51.8 cm³/mol. The lowest BCUT2D eigenvalue weighted by Gasteiger charge is -2.29. The summed E-state index contributed by atoms with van der Waals surface area (Å²) in [4.78, 5) is 11.3. The molecule has 2 aliphatic rings. The van der Waals surface area contributed by atoms with Gasteiger partial charge in [-0.05, 0) is 25.7 Å². The number of allylic oxidation sites excluding steroid dienone is 1. The quantitative estimate of drug-likeness (QED) is 0.438. The summed E-state index contributed by atoms with van der Waals surface area (Å²) in [6, 6.07) is 0. The molecule has 0 aliphatic carbocycles. The van der Waals surface area contributed by atoms with Gasteiger partial charge in [-0.2, -0.15) is 0 Å². The molecule has 0 spiro atoms. The van der Waals surface area contributed by atoms with Crippen molar-refractivity contribution in [3.05, 3.63) is 12.2 Å². The molecule has 14 heavy (non-hydrogen) atoms. The molecule has 0 amide bonds. The molecule has 0 aromatic carbocycles. The first-order valence-corrected chi connectivity index (χ1v) is 5.34. The van der Waals surface area contributed by atoms with Crippen molar-refractivity contribution in [1.82, 2.24) is 0 Å². The van der Waals surface area contributed by atoms with Crippen LogP contribution in [-0.2, 0) is 14.3 Å². The molecule has 0 radical (unpaired) electrons. The van der Waals surface area contributed by atoms with Crippen LogP contribution in [0.3, 0.4) is 0 Å². The average Bonchev–Trinajstić information content (AvgIpc) is 2.27. The van der Waals surface area contributed by atoms with Crippen molar-refractivity contribution in [1.29, 1.82) is 0 Å². The van der Waals surface area contributed by atoms with Crippen LogP contribution in [0.2, 0.25) is 0 Å². The zero-order valence-corrected chi connectivity index (χ0v) is 8.28. The summed E-state index contributed by atoms with van der Waals surface area (Å²) >= 11 is 0. The Labute approximate surface area is 84.1 Å². The maximum Gasteiger partial charge on any atom is 0.306 e. The van der Waals surface area contributed by atoms with Crippen LogP contribution in [-0.4, -0.2) is 24.8 Å². The predicted octanol–water partition coefficient (Wildman–Crippen LogP) is 1.82. The molecule has 2 aliphatic heterocycles. The summed E-state index contributed by atoms with van der Waals surface area (Å²) in [6.07, 6.45) is 8.37. The molecule has 0 saturated carbocycles. The summed E-state index contributed by atoms with van der Waals surface area (Å²) in [5.41, 5.74) is 0. The largest absolute Gasteiger partial charge is 0.459 e. The average molecular weight is 196 g/mol. The van der Waals surface area contributed by atoms with E-state index in [9.17, 15) is 4.79 Å². The lowest BCUT2D eigenvalue weighted by Crippen LogP contribution is -2.36. The van der Waals surface area contributed by atoms with E-state index in [-0.39, 0.29) is 18.2 Å². The Morgan fingerprint density at radius 1 is 1.36 bits per heavy atom. The van der Waals surface area contributed by atoms with E-state index in [4.69, 9.17) is 9.47 Å². The zero-order valence-electron chi connectivity index (χ0n) is 8.28. The molecule has 2 atom stereocenters. The molecule has 3 heteroatoms. The smallest absolute Gasteiger partial charge is 0.306 e. The molecule has 0 unspecified atom stereocenters. The minimum atomic E-state index is -0.0748. The Morgan fingerprint density at radius 3 is 3.21 bits per heavy atom. The Hall–Kier alpha value is -0.830. The van der Waals surface area contributed by atoms with Crippen LogP contribution in [0.25, 0.3) is 0 Å². The summed E-state index contributed by atoms with van der Waals surface area (Å²) in [5.74, 6) is -0.0748.